The van der Waals surface area contributed by atoms with E-state index in [1.54, 1.807) is 0 Å². The van der Waals surface area contributed by atoms with Gasteiger partial charge in [0.25, 0.3) is 5.91 Å². The van der Waals surface area contributed by atoms with Gasteiger partial charge >= 0.3 is 0 Å². The maximum Gasteiger partial charge on any atom is 0.254 e. The highest BCUT2D eigenvalue weighted by Gasteiger charge is 2.36. The molecule has 0 radical (unpaired) electrons. The lowest BCUT2D eigenvalue weighted by molar-refractivity contribution is 0.0392. The maximum atomic E-state index is 13.7. The highest BCUT2D eigenvalue weighted by atomic mass is 16.2. The Bertz CT molecular complexity index is 932. The Labute approximate surface area is 187 Å². The van der Waals surface area contributed by atoms with Crippen LogP contribution in [0.4, 0.5) is 0 Å². The van der Waals surface area contributed by atoms with Crippen LogP contribution in [0.1, 0.15) is 87.6 Å². The molecule has 3 heteroatoms. The van der Waals surface area contributed by atoms with E-state index in [-0.39, 0.29) is 5.91 Å². The SMILES string of the molecule is C=C(NC(CC)CCC)c1ccc(C(=O)N2CCCC3CCCCC32)c2ccccc12. The van der Waals surface area contributed by atoms with E-state index in [2.05, 4.69) is 54.9 Å². The smallest absolute Gasteiger partial charge is 0.254 e. The first-order chi connectivity index (χ1) is 15.1. The molecule has 1 saturated heterocycles. The van der Waals surface area contributed by atoms with Crippen LogP contribution < -0.4 is 5.32 Å². The number of rotatable bonds is 7. The molecule has 31 heavy (non-hydrogen) atoms. The first-order valence-corrected chi connectivity index (χ1v) is 12.4. The van der Waals surface area contributed by atoms with E-state index < -0.39 is 0 Å². The zero-order valence-electron chi connectivity index (χ0n) is 19.3. The summed E-state index contributed by atoms with van der Waals surface area (Å²) < 4.78 is 0. The van der Waals surface area contributed by atoms with E-state index in [0.717, 1.165) is 59.8 Å². The molecule has 2 aromatic carbocycles. The Hall–Kier alpha value is -2.29. The van der Waals surface area contributed by atoms with Crippen LogP contribution in [-0.2, 0) is 0 Å². The number of benzene rings is 2. The summed E-state index contributed by atoms with van der Waals surface area (Å²) >= 11 is 0. The standard InChI is InChI=1S/C28H38N2O/c1-4-11-22(5-2)29-20(3)23-17-18-26(25-15-8-7-14-24(23)25)28(31)30-19-10-13-21-12-6-9-16-27(21)30/h7-8,14-15,17-18,21-22,27,29H,3-6,9-13,16,19H2,1-2H3. The van der Waals surface area contributed by atoms with Gasteiger partial charge in [-0.2, -0.15) is 0 Å². The van der Waals surface area contributed by atoms with Gasteiger partial charge in [0.05, 0.1) is 0 Å². The summed E-state index contributed by atoms with van der Waals surface area (Å²) in [5, 5.41) is 5.81. The Morgan fingerprint density at radius 3 is 2.45 bits per heavy atom. The monoisotopic (exact) mass is 418 g/mol. The summed E-state index contributed by atoms with van der Waals surface area (Å²) in [7, 11) is 0. The zero-order valence-corrected chi connectivity index (χ0v) is 19.3. The number of carbonyl (C=O) groups excluding carboxylic acids is 1. The van der Waals surface area contributed by atoms with Crippen LogP contribution in [0.2, 0.25) is 0 Å². The van der Waals surface area contributed by atoms with Crippen LogP contribution in [0.3, 0.4) is 0 Å². The molecule has 1 saturated carbocycles. The van der Waals surface area contributed by atoms with Gasteiger partial charge in [0, 0.05) is 35.5 Å². The van der Waals surface area contributed by atoms with Crippen LogP contribution in [-0.4, -0.2) is 29.4 Å². The minimum atomic E-state index is 0.218. The second-order valence-corrected chi connectivity index (χ2v) is 9.48. The molecule has 3 nitrogen and oxygen atoms in total. The van der Waals surface area contributed by atoms with E-state index in [9.17, 15) is 4.79 Å². The second kappa shape index (κ2) is 9.89. The third-order valence-corrected chi connectivity index (χ3v) is 7.49. The van der Waals surface area contributed by atoms with Crippen molar-refractivity contribution in [2.45, 2.75) is 83.7 Å². The number of likely N-dealkylation sites (tertiary alicyclic amines) is 1. The number of nitrogens with one attached hydrogen (secondary N) is 1. The van der Waals surface area contributed by atoms with Crippen molar-refractivity contribution in [2.24, 2.45) is 5.92 Å². The van der Waals surface area contributed by atoms with Gasteiger partial charge in [0.15, 0.2) is 0 Å². The summed E-state index contributed by atoms with van der Waals surface area (Å²) in [5.41, 5.74) is 2.91. The minimum Gasteiger partial charge on any atom is -0.382 e. The number of nitrogens with zero attached hydrogens (tertiary/aromatic N) is 1. The van der Waals surface area contributed by atoms with Gasteiger partial charge in [-0.15, -0.1) is 0 Å². The number of piperidine rings is 1. The molecule has 1 aliphatic carbocycles. The van der Waals surface area contributed by atoms with Gasteiger partial charge in [-0.25, -0.2) is 0 Å². The van der Waals surface area contributed by atoms with Gasteiger partial charge in [-0.1, -0.05) is 70.0 Å². The predicted molar refractivity (Wildman–Crippen MR) is 131 cm³/mol. The van der Waals surface area contributed by atoms with Gasteiger partial charge < -0.3 is 10.2 Å². The molecule has 1 amide bonds. The molecule has 2 fully saturated rings. The topological polar surface area (TPSA) is 32.3 Å². The first-order valence-electron chi connectivity index (χ1n) is 12.4. The highest BCUT2D eigenvalue weighted by molar-refractivity contribution is 6.09. The first kappa shape index (κ1) is 21.9. The fourth-order valence-corrected chi connectivity index (χ4v) is 5.83. The fraction of sp³-hybridized carbons (Fsp3) is 0.536. The third kappa shape index (κ3) is 4.51. The van der Waals surface area contributed by atoms with Gasteiger partial charge in [-0.05, 0) is 61.3 Å². The fourth-order valence-electron chi connectivity index (χ4n) is 5.83. The van der Waals surface area contributed by atoms with Gasteiger partial charge in [0.1, 0.15) is 0 Å². The quantitative estimate of drug-likeness (QED) is 0.538. The summed E-state index contributed by atoms with van der Waals surface area (Å²) in [6.45, 7) is 9.70. The largest absolute Gasteiger partial charge is 0.382 e. The van der Waals surface area contributed by atoms with Crippen molar-refractivity contribution in [3.05, 3.63) is 54.1 Å². The Balaban J connectivity index is 1.65. The van der Waals surface area contributed by atoms with Crippen molar-refractivity contribution < 1.29 is 4.79 Å². The number of fused-ring (bicyclic) bond motifs is 2. The number of hydrogen-bond donors (Lipinski definition) is 1. The van der Waals surface area contributed by atoms with Crippen LogP contribution in [0.5, 0.6) is 0 Å². The maximum absolute atomic E-state index is 13.7. The van der Waals surface area contributed by atoms with Crippen LogP contribution in [0.15, 0.2) is 43.0 Å². The molecule has 0 aromatic heterocycles. The van der Waals surface area contributed by atoms with Crippen molar-refractivity contribution in [2.75, 3.05) is 6.54 Å². The molecular formula is C28H38N2O. The molecular weight excluding hydrogens is 380 g/mol. The van der Waals surface area contributed by atoms with Crippen LogP contribution in [0, 0.1) is 5.92 Å². The van der Waals surface area contributed by atoms with Gasteiger partial charge in [-0.3, -0.25) is 4.79 Å². The molecule has 1 heterocycles. The molecule has 2 aromatic rings. The molecule has 3 atom stereocenters. The van der Waals surface area contributed by atoms with E-state index in [1.165, 1.54) is 32.1 Å². The van der Waals surface area contributed by atoms with Crippen molar-refractivity contribution >= 4 is 22.4 Å². The number of hydrogen-bond acceptors (Lipinski definition) is 2. The zero-order chi connectivity index (χ0) is 21.8. The van der Waals surface area contributed by atoms with E-state index in [0.29, 0.717) is 18.0 Å². The molecule has 4 rings (SSSR count). The van der Waals surface area contributed by atoms with E-state index >= 15 is 0 Å². The molecule has 0 bridgehead atoms. The normalized spacial score (nSPS) is 22.1. The van der Waals surface area contributed by atoms with Crippen molar-refractivity contribution in [3.8, 4) is 0 Å². The van der Waals surface area contributed by atoms with Crippen molar-refractivity contribution in [1.29, 1.82) is 0 Å². The summed E-state index contributed by atoms with van der Waals surface area (Å²) in [6.07, 6.45) is 10.8. The average Bonchev–Trinajstić information content (AvgIpc) is 2.82. The van der Waals surface area contributed by atoms with Crippen LogP contribution in [0.25, 0.3) is 16.5 Å². The highest BCUT2D eigenvalue weighted by Crippen LogP contribution is 2.37. The lowest BCUT2D eigenvalue weighted by Gasteiger charge is -2.44. The third-order valence-electron chi connectivity index (χ3n) is 7.49. The molecule has 1 N–H and O–H groups in total. The molecule has 166 valence electrons. The molecule has 1 aliphatic heterocycles. The Kier molecular flexibility index (Phi) is 6.99. The Morgan fingerprint density at radius 1 is 1.03 bits per heavy atom. The number of carbonyl (C=O) groups is 1. The summed E-state index contributed by atoms with van der Waals surface area (Å²) in [4.78, 5) is 16.0. The van der Waals surface area contributed by atoms with E-state index in [4.69, 9.17) is 0 Å². The second-order valence-electron chi connectivity index (χ2n) is 9.48. The Morgan fingerprint density at radius 2 is 1.71 bits per heavy atom. The van der Waals surface area contributed by atoms with Crippen molar-refractivity contribution in [3.63, 3.8) is 0 Å². The molecule has 2 aliphatic rings. The van der Waals surface area contributed by atoms with E-state index in [1.807, 2.05) is 12.1 Å². The summed E-state index contributed by atoms with van der Waals surface area (Å²) in [6, 6.07) is 13.4. The minimum absolute atomic E-state index is 0.218. The molecule has 3 unspecified atom stereocenters. The van der Waals surface area contributed by atoms with Crippen molar-refractivity contribution in [1.82, 2.24) is 10.2 Å². The predicted octanol–water partition coefficient (Wildman–Crippen LogP) is 6.77. The lowest BCUT2D eigenvalue weighted by Crippen LogP contribution is -2.49. The average molecular weight is 419 g/mol. The van der Waals surface area contributed by atoms with Gasteiger partial charge in [0.2, 0.25) is 0 Å². The molecule has 0 spiro atoms. The summed E-state index contributed by atoms with van der Waals surface area (Å²) in [5.74, 6) is 0.917. The van der Waals surface area contributed by atoms with Crippen LogP contribution >= 0.6 is 0 Å². The lowest BCUT2D eigenvalue weighted by atomic mass is 9.78. The number of amides is 1.